The van der Waals surface area contributed by atoms with E-state index in [1.807, 2.05) is 66.7 Å². The highest BCUT2D eigenvalue weighted by molar-refractivity contribution is 6.10. The van der Waals surface area contributed by atoms with Crippen molar-refractivity contribution in [3.63, 3.8) is 0 Å². The molecule has 2 aromatic carbocycles. The van der Waals surface area contributed by atoms with Gasteiger partial charge < -0.3 is 0 Å². The summed E-state index contributed by atoms with van der Waals surface area (Å²) in [5.41, 5.74) is 10.4. The molecule has 0 bridgehead atoms. The number of hydrogen-bond acceptors (Lipinski definition) is 2. The van der Waals surface area contributed by atoms with Gasteiger partial charge >= 0.3 is 0 Å². The van der Waals surface area contributed by atoms with Gasteiger partial charge in [-0.3, -0.25) is 4.79 Å². The van der Waals surface area contributed by atoms with Crippen molar-refractivity contribution in [2.45, 2.75) is 6.42 Å². The van der Waals surface area contributed by atoms with E-state index in [9.17, 15) is 4.79 Å². The molecule has 0 heterocycles. The van der Waals surface area contributed by atoms with Crippen LogP contribution in [-0.2, 0) is 0 Å². The normalized spacial score (nSPS) is 10.3. The molecule has 4 nitrogen and oxygen atoms in total. The Balaban J connectivity index is 2.21. The lowest BCUT2D eigenvalue weighted by Gasteiger charge is -2.05. The van der Waals surface area contributed by atoms with E-state index in [1.54, 1.807) is 0 Å². The standard InChI is InChI=1S/C17H15N3O/c18-20-19-13-7-6-9-14-8-4-5-12-16(14)17(21)15-10-2-1-3-11-15/h1-6,8-12H,7,13H2. The maximum Gasteiger partial charge on any atom is 0.193 e. The van der Waals surface area contributed by atoms with Crippen LogP contribution in [0.15, 0.2) is 65.8 Å². The molecule has 2 rings (SSSR count). The molecule has 0 aromatic heterocycles. The molecule has 0 radical (unpaired) electrons. The van der Waals surface area contributed by atoms with Crippen LogP contribution in [0.5, 0.6) is 0 Å². The fraction of sp³-hybridized carbons (Fsp3) is 0.118. The Kier molecular flexibility index (Phi) is 5.33. The second kappa shape index (κ2) is 7.68. The van der Waals surface area contributed by atoms with Gasteiger partial charge in [-0.15, -0.1) is 0 Å². The lowest BCUT2D eigenvalue weighted by Crippen LogP contribution is -2.03. The molecule has 0 spiro atoms. The summed E-state index contributed by atoms with van der Waals surface area (Å²) in [5, 5.41) is 3.47. The monoisotopic (exact) mass is 277 g/mol. The molecule has 21 heavy (non-hydrogen) atoms. The number of benzene rings is 2. The van der Waals surface area contributed by atoms with Crippen LogP contribution in [0, 0.1) is 0 Å². The van der Waals surface area contributed by atoms with Crippen molar-refractivity contribution in [3.8, 4) is 0 Å². The summed E-state index contributed by atoms with van der Waals surface area (Å²) in [7, 11) is 0. The van der Waals surface area contributed by atoms with Gasteiger partial charge in [-0.05, 0) is 17.5 Å². The van der Waals surface area contributed by atoms with Gasteiger partial charge in [-0.2, -0.15) is 0 Å². The molecule has 0 N–H and O–H groups in total. The highest BCUT2D eigenvalue weighted by Crippen LogP contribution is 2.16. The third kappa shape index (κ3) is 4.06. The summed E-state index contributed by atoms with van der Waals surface area (Å²) in [4.78, 5) is 15.2. The zero-order chi connectivity index (χ0) is 14.9. The van der Waals surface area contributed by atoms with Crippen molar-refractivity contribution >= 4 is 11.9 Å². The Labute approximate surface area is 123 Å². The molecular weight excluding hydrogens is 262 g/mol. The molecule has 104 valence electrons. The topological polar surface area (TPSA) is 65.8 Å². The molecule has 0 aliphatic rings. The van der Waals surface area contributed by atoms with Gasteiger partial charge in [-0.1, -0.05) is 71.9 Å². The Morgan fingerprint density at radius 3 is 2.57 bits per heavy atom. The summed E-state index contributed by atoms with van der Waals surface area (Å²) < 4.78 is 0. The lowest BCUT2D eigenvalue weighted by molar-refractivity contribution is 0.103. The van der Waals surface area contributed by atoms with Crippen molar-refractivity contribution in [1.29, 1.82) is 0 Å². The minimum Gasteiger partial charge on any atom is -0.289 e. The van der Waals surface area contributed by atoms with Gasteiger partial charge in [0.25, 0.3) is 0 Å². The van der Waals surface area contributed by atoms with E-state index in [1.165, 1.54) is 0 Å². The Hall–Kier alpha value is -2.84. The van der Waals surface area contributed by atoms with Crippen LogP contribution in [0.25, 0.3) is 16.5 Å². The van der Waals surface area contributed by atoms with Gasteiger partial charge in [0, 0.05) is 22.6 Å². The van der Waals surface area contributed by atoms with E-state index in [0.717, 1.165) is 5.56 Å². The third-order valence-corrected chi connectivity index (χ3v) is 3.00. The zero-order valence-corrected chi connectivity index (χ0v) is 11.5. The van der Waals surface area contributed by atoms with Gasteiger partial charge in [0.1, 0.15) is 0 Å². The third-order valence-electron chi connectivity index (χ3n) is 3.00. The van der Waals surface area contributed by atoms with Crippen molar-refractivity contribution < 1.29 is 4.79 Å². The van der Waals surface area contributed by atoms with E-state index in [4.69, 9.17) is 5.53 Å². The smallest absolute Gasteiger partial charge is 0.193 e. The van der Waals surface area contributed by atoms with Crippen LogP contribution in [-0.4, -0.2) is 12.3 Å². The molecular formula is C17H15N3O. The van der Waals surface area contributed by atoms with Gasteiger partial charge in [-0.25, -0.2) is 0 Å². The Morgan fingerprint density at radius 2 is 1.81 bits per heavy atom. The second-order valence-electron chi connectivity index (χ2n) is 4.43. The van der Waals surface area contributed by atoms with Crippen LogP contribution >= 0.6 is 0 Å². The van der Waals surface area contributed by atoms with E-state index < -0.39 is 0 Å². The molecule has 0 atom stereocenters. The lowest BCUT2D eigenvalue weighted by atomic mass is 9.98. The van der Waals surface area contributed by atoms with Gasteiger partial charge in [0.05, 0.1) is 0 Å². The van der Waals surface area contributed by atoms with Crippen LogP contribution in [0.4, 0.5) is 0 Å². The van der Waals surface area contributed by atoms with Crippen molar-refractivity contribution in [3.05, 3.63) is 87.8 Å². The average molecular weight is 277 g/mol. The molecule has 0 amide bonds. The number of hydrogen-bond donors (Lipinski definition) is 0. The molecule has 0 saturated heterocycles. The maximum absolute atomic E-state index is 12.5. The maximum atomic E-state index is 12.5. The number of carbonyl (C=O) groups is 1. The molecule has 0 aliphatic heterocycles. The number of rotatable bonds is 6. The molecule has 0 unspecified atom stereocenters. The largest absolute Gasteiger partial charge is 0.289 e. The van der Waals surface area contributed by atoms with Crippen molar-refractivity contribution in [1.82, 2.24) is 0 Å². The van der Waals surface area contributed by atoms with Crippen molar-refractivity contribution in [2.75, 3.05) is 6.54 Å². The van der Waals surface area contributed by atoms with E-state index in [-0.39, 0.29) is 5.78 Å². The number of carbonyl (C=O) groups excluding carboxylic acids is 1. The van der Waals surface area contributed by atoms with Gasteiger partial charge in [0.15, 0.2) is 5.78 Å². The fourth-order valence-electron chi connectivity index (χ4n) is 1.98. The first kappa shape index (κ1) is 14.6. The minimum absolute atomic E-state index is 0.00546. The zero-order valence-electron chi connectivity index (χ0n) is 11.5. The first-order valence-corrected chi connectivity index (χ1v) is 6.69. The minimum atomic E-state index is 0.00546. The first-order valence-electron chi connectivity index (χ1n) is 6.69. The predicted molar refractivity (Wildman–Crippen MR) is 84.0 cm³/mol. The molecule has 0 fully saturated rings. The second-order valence-corrected chi connectivity index (χ2v) is 4.43. The highest BCUT2D eigenvalue weighted by Gasteiger charge is 2.10. The van der Waals surface area contributed by atoms with E-state index >= 15 is 0 Å². The van der Waals surface area contributed by atoms with Crippen molar-refractivity contribution in [2.24, 2.45) is 5.11 Å². The van der Waals surface area contributed by atoms with Crippen LogP contribution < -0.4 is 0 Å². The number of nitrogens with zero attached hydrogens (tertiary/aromatic N) is 3. The molecule has 0 saturated carbocycles. The van der Waals surface area contributed by atoms with E-state index in [0.29, 0.717) is 24.1 Å². The summed E-state index contributed by atoms with van der Waals surface area (Å²) in [6, 6.07) is 16.7. The van der Waals surface area contributed by atoms with E-state index in [2.05, 4.69) is 10.0 Å². The predicted octanol–water partition coefficient (Wildman–Crippen LogP) is 4.63. The Morgan fingerprint density at radius 1 is 1.10 bits per heavy atom. The summed E-state index contributed by atoms with van der Waals surface area (Å²) in [5.74, 6) is 0.00546. The summed E-state index contributed by atoms with van der Waals surface area (Å²) in [6.07, 6.45) is 4.45. The van der Waals surface area contributed by atoms with Crippen LogP contribution in [0.1, 0.15) is 27.9 Å². The number of ketones is 1. The first-order chi connectivity index (χ1) is 10.3. The molecule has 2 aromatic rings. The quantitative estimate of drug-likeness (QED) is 0.249. The summed E-state index contributed by atoms with van der Waals surface area (Å²) in [6.45, 7) is 0.418. The highest BCUT2D eigenvalue weighted by atomic mass is 16.1. The fourth-order valence-corrected chi connectivity index (χ4v) is 1.98. The van der Waals surface area contributed by atoms with Crippen LogP contribution in [0.2, 0.25) is 0 Å². The average Bonchev–Trinajstić information content (AvgIpc) is 2.55. The molecule has 4 heteroatoms. The summed E-state index contributed by atoms with van der Waals surface area (Å²) >= 11 is 0. The SMILES string of the molecule is [N-]=[N+]=NCCC=Cc1ccccc1C(=O)c1ccccc1. The van der Waals surface area contributed by atoms with Crippen LogP contribution in [0.3, 0.4) is 0 Å². The van der Waals surface area contributed by atoms with Gasteiger partial charge in [0.2, 0.25) is 0 Å². The number of azide groups is 1. The molecule has 0 aliphatic carbocycles. The Bertz CT molecular complexity index is 686.